The quantitative estimate of drug-likeness (QED) is 0.249. The minimum absolute atomic E-state index is 0.194. The molecule has 0 aliphatic carbocycles. The van der Waals surface area contributed by atoms with Gasteiger partial charge in [0.25, 0.3) is 5.91 Å². The van der Waals surface area contributed by atoms with Crippen LogP contribution in [0.5, 0.6) is 0 Å². The monoisotopic (exact) mass is 637 g/mol. The molecule has 0 fully saturated rings. The number of benzene rings is 3. The molecule has 46 heavy (non-hydrogen) atoms. The molecule has 238 valence electrons. The van der Waals surface area contributed by atoms with Gasteiger partial charge in [0.1, 0.15) is 5.52 Å². The van der Waals surface area contributed by atoms with E-state index in [4.69, 9.17) is 9.97 Å². The molecule has 9 nitrogen and oxygen atoms in total. The molecule has 3 heterocycles. The number of likely N-dealkylation sites (N-methyl/N-ethyl adjacent to an activating group) is 2. The minimum atomic E-state index is -3.86. The van der Waals surface area contributed by atoms with Crippen molar-refractivity contribution >= 4 is 27.1 Å². The van der Waals surface area contributed by atoms with Crippen LogP contribution >= 0.6 is 0 Å². The Hall–Kier alpha value is -4.38. The maximum atomic E-state index is 13.8. The summed E-state index contributed by atoms with van der Waals surface area (Å²) in [5, 5.41) is 9.77. The van der Waals surface area contributed by atoms with E-state index in [-0.39, 0.29) is 23.9 Å². The molecule has 5 aromatic rings. The summed E-state index contributed by atoms with van der Waals surface area (Å²) in [6.45, 7) is 7.71. The first-order valence-corrected chi connectivity index (χ1v) is 17.0. The number of aromatic nitrogens is 3. The Labute approximate surface area is 270 Å². The van der Waals surface area contributed by atoms with Crippen molar-refractivity contribution in [2.24, 2.45) is 0 Å². The number of carbonyl (C=O) groups excluding carboxylic acids is 1. The van der Waals surface area contributed by atoms with Gasteiger partial charge in [-0.3, -0.25) is 4.79 Å². The van der Waals surface area contributed by atoms with Crippen LogP contribution in [0.3, 0.4) is 0 Å². The van der Waals surface area contributed by atoms with Gasteiger partial charge < -0.3 is 14.9 Å². The number of carbonyl (C=O) groups is 1. The summed E-state index contributed by atoms with van der Waals surface area (Å²) in [5.41, 5.74) is 9.40. The maximum Gasteiger partial charge on any atom is 0.253 e. The molecule has 0 bridgehead atoms. The number of aliphatic hydroxyl groups excluding tert-OH is 1. The van der Waals surface area contributed by atoms with E-state index in [0.29, 0.717) is 27.9 Å². The van der Waals surface area contributed by atoms with Crippen LogP contribution in [-0.2, 0) is 28.7 Å². The molecule has 1 aliphatic heterocycles. The van der Waals surface area contributed by atoms with Gasteiger partial charge in [0.2, 0.25) is 10.0 Å². The predicted octanol–water partition coefficient (Wildman–Crippen LogP) is 5.20. The summed E-state index contributed by atoms with van der Waals surface area (Å²) < 4.78 is 28.9. The van der Waals surface area contributed by atoms with Gasteiger partial charge in [0, 0.05) is 49.6 Å². The number of nitrogens with zero attached hydrogens (tertiary/aromatic N) is 5. The summed E-state index contributed by atoms with van der Waals surface area (Å²) >= 11 is 0. The molecular weight excluding hydrogens is 598 g/mol. The molecule has 1 amide bonds. The number of hydrogen-bond acceptors (Lipinski definition) is 7. The molecule has 6 rings (SSSR count). The van der Waals surface area contributed by atoms with Gasteiger partial charge in [-0.1, -0.05) is 42.5 Å². The first-order valence-electron chi connectivity index (χ1n) is 15.4. The summed E-state index contributed by atoms with van der Waals surface area (Å²) in [5.74, 6) is -0.395. The number of amides is 1. The van der Waals surface area contributed by atoms with E-state index < -0.39 is 16.1 Å². The average Bonchev–Trinajstić information content (AvgIpc) is 3.40. The highest BCUT2D eigenvalue weighted by Crippen LogP contribution is 2.34. The highest BCUT2D eigenvalue weighted by atomic mass is 32.2. The summed E-state index contributed by atoms with van der Waals surface area (Å²) in [6.07, 6.45) is 3.60. The topological polar surface area (TPSA) is 109 Å². The van der Waals surface area contributed by atoms with Crippen LogP contribution in [0.4, 0.5) is 0 Å². The van der Waals surface area contributed by atoms with Gasteiger partial charge in [0.05, 0.1) is 23.7 Å². The zero-order valence-corrected chi connectivity index (χ0v) is 27.7. The molecule has 10 heteroatoms. The number of rotatable bonds is 8. The molecule has 0 saturated heterocycles. The van der Waals surface area contributed by atoms with Gasteiger partial charge in [-0.15, -0.1) is 0 Å². The third kappa shape index (κ3) is 6.20. The van der Waals surface area contributed by atoms with Crippen LogP contribution in [0.15, 0.2) is 73.1 Å². The van der Waals surface area contributed by atoms with E-state index in [2.05, 4.69) is 31.0 Å². The fourth-order valence-corrected chi connectivity index (χ4v) is 7.76. The molecule has 1 N–H and O–H groups in total. The lowest BCUT2D eigenvalue weighted by Crippen LogP contribution is -2.33. The second kappa shape index (κ2) is 12.4. The Morgan fingerprint density at radius 3 is 2.50 bits per heavy atom. The van der Waals surface area contributed by atoms with Crippen LogP contribution in [0.2, 0.25) is 0 Å². The molecule has 0 radical (unpaired) electrons. The van der Waals surface area contributed by atoms with Gasteiger partial charge in [-0.05, 0) is 85.8 Å². The lowest BCUT2D eigenvalue weighted by atomic mass is 9.92. The van der Waals surface area contributed by atoms with E-state index in [0.717, 1.165) is 36.2 Å². The van der Waals surface area contributed by atoms with E-state index in [1.54, 1.807) is 44.6 Å². The third-order valence-corrected chi connectivity index (χ3v) is 10.2. The Morgan fingerprint density at radius 1 is 1.04 bits per heavy atom. The zero-order chi connectivity index (χ0) is 32.7. The van der Waals surface area contributed by atoms with E-state index in [1.807, 2.05) is 37.3 Å². The molecular formula is C36H39N5O4S. The van der Waals surface area contributed by atoms with Crippen LogP contribution < -0.4 is 0 Å². The lowest BCUT2D eigenvalue weighted by molar-refractivity contribution is 0.0703. The molecule has 3 aromatic carbocycles. The third-order valence-electron chi connectivity index (χ3n) is 8.65. The summed E-state index contributed by atoms with van der Waals surface area (Å²) in [6, 6.07) is 18.8. The SMILES string of the molecule is Cc1cc(-c2cn(S(=O)(=O)Cc3ccccc3)c3ncc(-c4cc(C)c5c(c4)CN(C)CC5)nc23)ccc1C(=O)N(C)C[C@H](C)O. The highest BCUT2D eigenvalue weighted by Gasteiger charge is 2.25. The largest absolute Gasteiger partial charge is 0.392 e. The Kier molecular flexibility index (Phi) is 8.54. The van der Waals surface area contributed by atoms with Crippen LogP contribution in [0.25, 0.3) is 33.5 Å². The van der Waals surface area contributed by atoms with Crippen LogP contribution in [-0.4, -0.2) is 76.5 Å². The second-order valence-electron chi connectivity index (χ2n) is 12.5. The Balaban J connectivity index is 1.48. The molecule has 0 unspecified atom stereocenters. The maximum absolute atomic E-state index is 13.8. The first kappa shape index (κ1) is 31.6. The van der Waals surface area contributed by atoms with Crippen molar-refractivity contribution in [2.45, 2.75) is 45.6 Å². The predicted molar refractivity (Wildman–Crippen MR) is 181 cm³/mol. The van der Waals surface area contributed by atoms with E-state index in [9.17, 15) is 18.3 Å². The van der Waals surface area contributed by atoms with Crippen molar-refractivity contribution in [3.05, 3.63) is 106 Å². The minimum Gasteiger partial charge on any atom is -0.392 e. The van der Waals surface area contributed by atoms with Crippen molar-refractivity contribution in [1.29, 1.82) is 0 Å². The lowest BCUT2D eigenvalue weighted by Gasteiger charge is -2.27. The van der Waals surface area contributed by atoms with Gasteiger partial charge in [0.15, 0.2) is 5.65 Å². The van der Waals surface area contributed by atoms with Crippen molar-refractivity contribution in [2.75, 3.05) is 27.2 Å². The first-order chi connectivity index (χ1) is 21.9. The van der Waals surface area contributed by atoms with E-state index >= 15 is 0 Å². The second-order valence-corrected chi connectivity index (χ2v) is 14.3. The molecule has 0 saturated carbocycles. The molecule has 2 aromatic heterocycles. The average molecular weight is 638 g/mol. The Bertz CT molecular complexity index is 2050. The Morgan fingerprint density at radius 2 is 1.78 bits per heavy atom. The number of aryl methyl sites for hydroxylation is 2. The summed E-state index contributed by atoms with van der Waals surface area (Å²) in [4.78, 5) is 26.7. The molecule has 1 aliphatic rings. The van der Waals surface area contributed by atoms with Crippen molar-refractivity contribution in [3.63, 3.8) is 0 Å². The van der Waals surface area contributed by atoms with Gasteiger partial charge in [-0.25, -0.2) is 22.4 Å². The van der Waals surface area contributed by atoms with Crippen LogP contribution in [0.1, 0.15) is 45.1 Å². The van der Waals surface area contributed by atoms with Crippen LogP contribution in [0, 0.1) is 13.8 Å². The van der Waals surface area contributed by atoms with Crippen molar-refractivity contribution in [1.82, 2.24) is 23.7 Å². The zero-order valence-electron chi connectivity index (χ0n) is 26.9. The molecule has 0 spiro atoms. The normalized spacial score (nSPS) is 14.3. The number of hydrogen-bond donors (Lipinski definition) is 1. The number of aliphatic hydroxyl groups is 1. The van der Waals surface area contributed by atoms with Crippen molar-refractivity contribution < 1.29 is 18.3 Å². The fraction of sp³-hybridized carbons (Fsp3) is 0.306. The van der Waals surface area contributed by atoms with Gasteiger partial charge in [-0.2, -0.15) is 0 Å². The molecule has 1 atom stereocenters. The fourth-order valence-electron chi connectivity index (χ4n) is 6.35. The van der Waals surface area contributed by atoms with Gasteiger partial charge >= 0.3 is 0 Å². The number of fused-ring (bicyclic) bond motifs is 2. The highest BCUT2D eigenvalue weighted by molar-refractivity contribution is 7.89. The van der Waals surface area contributed by atoms with E-state index in [1.165, 1.54) is 25.6 Å². The summed E-state index contributed by atoms with van der Waals surface area (Å²) in [7, 11) is -0.0832. The van der Waals surface area contributed by atoms with Crippen molar-refractivity contribution in [3.8, 4) is 22.4 Å². The smallest absolute Gasteiger partial charge is 0.253 e. The standard InChI is InChI=1S/C36H39N5O4S/c1-23-16-28(17-29-20-39(4)14-13-30(23)29)33-18-37-35-34(38-33)32(21-41(35)46(44,45)22-26-9-7-6-8-10-26)27-11-12-31(24(2)15-27)36(43)40(5)19-25(3)42/h6-12,15-18,21,25,42H,13-14,19-20,22H2,1-5H3/t25-/m0/s1.